The fraction of sp³-hybridized carbons (Fsp3) is 0.462. The molecule has 19 heavy (non-hydrogen) atoms. The first-order chi connectivity index (χ1) is 8.84. The Morgan fingerprint density at radius 2 is 1.84 bits per heavy atom. The molecule has 0 heterocycles. The van der Waals surface area contributed by atoms with Crippen LogP contribution >= 0.6 is 0 Å². The molecule has 0 fully saturated rings. The normalized spacial score (nSPS) is 12.8. The highest BCUT2D eigenvalue weighted by molar-refractivity contribution is 7.90. The molecule has 1 aromatic carbocycles. The number of hydrogen-bond donors (Lipinski definition) is 2. The number of carbonyl (C=O) groups excluding carboxylic acids is 1. The lowest BCUT2D eigenvalue weighted by molar-refractivity contribution is 0.238. The second kappa shape index (κ2) is 6.56. The van der Waals surface area contributed by atoms with Crippen molar-refractivity contribution in [3.05, 3.63) is 29.8 Å². The molecular formula is C13H20N2O3S. The predicted octanol–water partition coefficient (Wildman–Crippen LogP) is 1.86. The molecule has 0 radical (unpaired) electrons. The molecule has 0 aromatic heterocycles. The van der Waals surface area contributed by atoms with Crippen LogP contribution in [0.5, 0.6) is 0 Å². The van der Waals surface area contributed by atoms with E-state index in [4.69, 9.17) is 0 Å². The van der Waals surface area contributed by atoms with Gasteiger partial charge in [0.2, 0.25) is 0 Å². The van der Waals surface area contributed by atoms with Gasteiger partial charge in [0.15, 0.2) is 9.84 Å². The molecule has 1 aromatic rings. The predicted molar refractivity (Wildman–Crippen MR) is 74.8 cm³/mol. The lowest BCUT2D eigenvalue weighted by Crippen LogP contribution is -2.37. The summed E-state index contributed by atoms with van der Waals surface area (Å²) < 4.78 is 22.7. The van der Waals surface area contributed by atoms with Gasteiger partial charge in [0, 0.05) is 12.8 Å². The third-order valence-electron chi connectivity index (χ3n) is 2.69. The van der Waals surface area contributed by atoms with Gasteiger partial charge in [-0.2, -0.15) is 0 Å². The Hall–Kier alpha value is -1.56. The summed E-state index contributed by atoms with van der Waals surface area (Å²) in [5, 5.41) is 5.51. The molecule has 1 atom stereocenters. The number of amides is 2. The fourth-order valence-corrected chi connectivity index (χ4v) is 2.20. The lowest BCUT2D eigenvalue weighted by Gasteiger charge is -2.15. The van der Waals surface area contributed by atoms with Crippen molar-refractivity contribution in [3.63, 3.8) is 0 Å². The molecule has 0 spiro atoms. The van der Waals surface area contributed by atoms with Gasteiger partial charge < -0.3 is 10.6 Å². The van der Waals surface area contributed by atoms with Crippen LogP contribution in [-0.2, 0) is 9.84 Å². The molecule has 0 saturated carbocycles. The van der Waals surface area contributed by atoms with Gasteiger partial charge >= 0.3 is 6.03 Å². The Balaban J connectivity index is 2.68. The lowest BCUT2D eigenvalue weighted by atomic mass is 10.1. The number of nitrogens with one attached hydrogen (secondary N) is 2. The second-order valence-electron chi connectivity index (χ2n) is 4.46. The van der Waals surface area contributed by atoms with Crippen LogP contribution in [0.25, 0.3) is 0 Å². The van der Waals surface area contributed by atoms with Crippen LogP contribution in [0.3, 0.4) is 0 Å². The maximum Gasteiger partial charge on any atom is 0.315 e. The number of urea groups is 1. The van der Waals surface area contributed by atoms with E-state index in [1.807, 2.05) is 13.8 Å². The summed E-state index contributed by atoms with van der Waals surface area (Å²) in [6.45, 7) is 4.46. The number of rotatable bonds is 5. The smallest absolute Gasteiger partial charge is 0.315 e. The number of hydrogen-bond acceptors (Lipinski definition) is 3. The maximum absolute atomic E-state index is 11.5. The van der Waals surface area contributed by atoms with Crippen LogP contribution < -0.4 is 10.6 Å². The minimum atomic E-state index is -3.18. The van der Waals surface area contributed by atoms with E-state index in [2.05, 4.69) is 10.6 Å². The van der Waals surface area contributed by atoms with Gasteiger partial charge in [-0.15, -0.1) is 0 Å². The Bertz CT molecular complexity index is 523. The number of carbonyl (C=O) groups is 1. The Labute approximate surface area is 114 Å². The minimum absolute atomic E-state index is 0.175. The van der Waals surface area contributed by atoms with E-state index >= 15 is 0 Å². The maximum atomic E-state index is 11.5. The summed E-state index contributed by atoms with van der Waals surface area (Å²) >= 11 is 0. The van der Waals surface area contributed by atoms with Crippen molar-refractivity contribution >= 4 is 15.9 Å². The van der Waals surface area contributed by atoms with Crippen LogP contribution in [0.4, 0.5) is 4.79 Å². The van der Waals surface area contributed by atoms with Gasteiger partial charge in [0.25, 0.3) is 0 Å². The zero-order valence-electron chi connectivity index (χ0n) is 11.4. The number of benzene rings is 1. The highest BCUT2D eigenvalue weighted by Crippen LogP contribution is 2.16. The monoisotopic (exact) mass is 284 g/mol. The quantitative estimate of drug-likeness (QED) is 0.866. The van der Waals surface area contributed by atoms with Crippen LogP contribution in [0.15, 0.2) is 29.2 Å². The topological polar surface area (TPSA) is 75.3 Å². The summed E-state index contributed by atoms with van der Waals surface area (Å²) in [5.74, 6) is 0. The summed E-state index contributed by atoms with van der Waals surface area (Å²) in [6.07, 6.45) is 2.05. The Morgan fingerprint density at radius 1 is 1.26 bits per heavy atom. The van der Waals surface area contributed by atoms with Crippen molar-refractivity contribution in [1.82, 2.24) is 10.6 Å². The molecule has 2 amide bonds. The summed E-state index contributed by atoms with van der Waals surface area (Å²) in [7, 11) is -3.18. The van der Waals surface area contributed by atoms with Gasteiger partial charge in [0.1, 0.15) is 0 Å². The van der Waals surface area contributed by atoms with Gasteiger partial charge in [-0.05, 0) is 31.0 Å². The van der Waals surface area contributed by atoms with E-state index in [-0.39, 0.29) is 17.0 Å². The van der Waals surface area contributed by atoms with Gasteiger partial charge in [-0.1, -0.05) is 19.1 Å². The molecule has 2 N–H and O–H groups in total. The molecular weight excluding hydrogens is 264 g/mol. The molecule has 0 aliphatic heterocycles. The van der Waals surface area contributed by atoms with E-state index in [1.54, 1.807) is 24.3 Å². The highest BCUT2D eigenvalue weighted by Gasteiger charge is 2.11. The third kappa shape index (κ3) is 4.90. The van der Waals surface area contributed by atoms with Gasteiger partial charge in [-0.3, -0.25) is 0 Å². The summed E-state index contributed by atoms with van der Waals surface area (Å²) in [4.78, 5) is 11.8. The largest absolute Gasteiger partial charge is 0.338 e. The molecule has 106 valence electrons. The minimum Gasteiger partial charge on any atom is -0.338 e. The van der Waals surface area contributed by atoms with E-state index < -0.39 is 9.84 Å². The van der Waals surface area contributed by atoms with Gasteiger partial charge in [-0.25, -0.2) is 13.2 Å². The van der Waals surface area contributed by atoms with Crippen LogP contribution in [0.2, 0.25) is 0 Å². The van der Waals surface area contributed by atoms with E-state index in [0.29, 0.717) is 6.54 Å². The molecule has 0 unspecified atom stereocenters. The summed E-state index contributed by atoms with van der Waals surface area (Å²) in [6, 6.07) is 6.12. The first-order valence-electron chi connectivity index (χ1n) is 6.19. The molecule has 0 saturated heterocycles. The molecule has 6 heteroatoms. The zero-order valence-corrected chi connectivity index (χ0v) is 12.3. The van der Waals surface area contributed by atoms with Crippen molar-refractivity contribution in [1.29, 1.82) is 0 Å². The van der Waals surface area contributed by atoms with Crippen molar-refractivity contribution in [2.24, 2.45) is 0 Å². The molecule has 0 aliphatic carbocycles. The first kappa shape index (κ1) is 15.5. The van der Waals surface area contributed by atoms with E-state index in [0.717, 1.165) is 12.0 Å². The molecule has 1 rings (SSSR count). The van der Waals surface area contributed by atoms with E-state index in [1.165, 1.54) is 6.26 Å². The van der Waals surface area contributed by atoms with Crippen molar-refractivity contribution in [2.75, 3.05) is 12.8 Å². The van der Waals surface area contributed by atoms with Crippen LogP contribution in [-0.4, -0.2) is 27.2 Å². The van der Waals surface area contributed by atoms with E-state index in [9.17, 15) is 13.2 Å². The Morgan fingerprint density at radius 3 is 2.32 bits per heavy atom. The Kier molecular flexibility index (Phi) is 5.35. The van der Waals surface area contributed by atoms with Crippen molar-refractivity contribution in [3.8, 4) is 0 Å². The van der Waals surface area contributed by atoms with Crippen molar-refractivity contribution in [2.45, 2.75) is 31.2 Å². The van der Waals surface area contributed by atoms with Crippen LogP contribution in [0, 0.1) is 0 Å². The van der Waals surface area contributed by atoms with Gasteiger partial charge in [0.05, 0.1) is 10.9 Å². The average Bonchev–Trinajstić information content (AvgIpc) is 2.35. The number of sulfone groups is 1. The zero-order chi connectivity index (χ0) is 14.5. The standard InChI is InChI=1S/C13H20N2O3S/c1-4-9-14-13(16)15-10(2)11-5-7-12(8-6-11)19(3,17)18/h5-8,10H,4,9H2,1-3H3,(H2,14,15,16)/t10-/m0/s1. The van der Waals surface area contributed by atoms with Crippen LogP contribution in [0.1, 0.15) is 31.9 Å². The molecule has 5 nitrogen and oxygen atoms in total. The average molecular weight is 284 g/mol. The second-order valence-corrected chi connectivity index (χ2v) is 6.48. The fourth-order valence-electron chi connectivity index (χ4n) is 1.57. The summed E-state index contributed by atoms with van der Waals surface area (Å²) in [5.41, 5.74) is 0.860. The molecule has 0 aliphatic rings. The highest BCUT2D eigenvalue weighted by atomic mass is 32.2. The molecule has 0 bridgehead atoms. The first-order valence-corrected chi connectivity index (χ1v) is 8.08. The third-order valence-corrected chi connectivity index (χ3v) is 3.82. The van der Waals surface area contributed by atoms with Crippen molar-refractivity contribution < 1.29 is 13.2 Å². The SMILES string of the molecule is CCCNC(=O)N[C@@H](C)c1ccc(S(C)(=O)=O)cc1.